The Morgan fingerprint density at radius 2 is 2.09 bits per heavy atom. The second-order valence-corrected chi connectivity index (χ2v) is 8.17. The predicted molar refractivity (Wildman–Crippen MR) is 120 cm³/mol. The number of rotatable bonds is 4. The van der Waals surface area contributed by atoms with Crippen molar-refractivity contribution in [1.82, 2.24) is 5.32 Å². The highest BCUT2D eigenvalue weighted by Gasteiger charge is 2.40. The average Bonchev–Trinajstić information content (AvgIpc) is 3.18. The highest BCUT2D eigenvalue weighted by atomic mass is 16.5. The summed E-state index contributed by atoms with van der Waals surface area (Å²) in [7, 11) is 0. The predicted octanol–water partition coefficient (Wildman–Crippen LogP) is 0.731. The van der Waals surface area contributed by atoms with Crippen LogP contribution in [0.3, 0.4) is 0 Å². The molecule has 3 heterocycles. The number of carbonyl (C=O) groups is 3. The molecule has 0 aromatic heterocycles. The quantitative estimate of drug-likeness (QED) is 0.466. The zero-order valence-electron chi connectivity index (χ0n) is 17.7. The van der Waals surface area contributed by atoms with Crippen LogP contribution in [0.2, 0.25) is 0 Å². The van der Waals surface area contributed by atoms with Gasteiger partial charge in [0.25, 0.3) is 11.8 Å². The van der Waals surface area contributed by atoms with Crippen LogP contribution in [0.4, 0.5) is 17.1 Å². The molecule has 10 nitrogen and oxygen atoms in total. The fraction of sp³-hybridized carbons (Fsp3) is 0.304. The number of amides is 3. The molecule has 33 heavy (non-hydrogen) atoms. The fourth-order valence-corrected chi connectivity index (χ4v) is 4.42. The van der Waals surface area contributed by atoms with Gasteiger partial charge < -0.3 is 30.7 Å². The van der Waals surface area contributed by atoms with Crippen LogP contribution in [0.15, 0.2) is 36.4 Å². The first kappa shape index (κ1) is 21.1. The van der Waals surface area contributed by atoms with E-state index in [1.165, 1.54) is 4.90 Å². The maximum Gasteiger partial charge on any atom is 0.259 e. The molecular formula is C23H23N5O5. The molecule has 2 aromatic carbocycles. The van der Waals surface area contributed by atoms with Crippen molar-refractivity contribution < 1.29 is 24.2 Å². The van der Waals surface area contributed by atoms with Crippen LogP contribution in [0.25, 0.3) is 0 Å². The highest BCUT2D eigenvalue weighted by Crippen LogP contribution is 2.33. The number of aliphatic hydroxyl groups excluding tert-OH is 1. The molecule has 2 atom stereocenters. The molecule has 0 spiro atoms. The van der Waals surface area contributed by atoms with Crippen LogP contribution in [-0.2, 0) is 32.1 Å². The Kier molecular flexibility index (Phi) is 5.31. The summed E-state index contributed by atoms with van der Waals surface area (Å²) in [6, 6.07) is 10.4. The Hall–Kier alpha value is -3.76. The van der Waals surface area contributed by atoms with Gasteiger partial charge in [0.2, 0.25) is 5.91 Å². The van der Waals surface area contributed by atoms with Gasteiger partial charge in [0.15, 0.2) is 12.2 Å². The fourth-order valence-electron chi connectivity index (χ4n) is 4.42. The smallest absolute Gasteiger partial charge is 0.259 e. The molecule has 0 saturated carbocycles. The SMILES string of the molecule is N=C1NCc2cc(NC(=O)[C@H](O)[C@H]3OCCN(c4cccc5c4CCC(=O)N5)C3=O)ccc21. The zero-order chi connectivity index (χ0) is 23.1. The van der Waals surface area contributed by atoms with Crippen LogP contribution >= 0.6 is 0 Å². The number of hydrogen-bond acceptors (Lipinski definition) is 6. The molecule has 3 amide bonds. The van der Waals surface area contributed by atoms with Gasteiger partial charge in [-0.3, -0.25) is 19.8 Å². The Morgan fingerprint density at radius 1 is 1.24 bits per heavy atom. The molecule has 170 valence electrons. The van der Waals surface area contributed by atoms with Gasteiger partial charge in [-0.05, 0) is 47.9 Å². The van der Waals surface area contributed by atoms with Gasteiger partial charge in [0, 0.05) is 42.1 Å². The summed E-state index contributed by atoms with van der Waals surface area (Å²) in [5.41, 5.74) is 4.25. The summed E-state index contributed by atoms with van der Waals surface area (Å²) in [5.74, 6) is -1.01. The lowest BCUT2D eigenvalue weighted by Crippen LogP contribution is -2.55. The summed E-state index contributed by atoms with van der Waals surface area (Å²) in [5, 5.41) is 26.8. The van der Waals surface area contributed by atoms with E-state index in [0.29, 0.717) is 42.3 Å². The molecule has 3 aliphatic heterocycles. The Balaban J connectivity index is 1.32. The van der Waals surface area contributed by atoms with E-state index in [-0.39, 0.29) is 19.1 Å². The molecule has 10 heteroatoms. The number of anilines is 3. The normalized spacial score (nSPS) is 20.5. The van der Waals surface area contributed by atoms with Crippen molar-refractivity contribution in [3.8, 4) is 0 Å². The number of fused-ring (bicyclic) bond motifs is 2. The van der Waals surface area contributed by atoms with Crippen LogP contribution in [0.1, 0.15) is 23.1 Å². The number of morpholine rings is 1. The topological polar surface area (TPSA) is 144 Å². The minimum atomic E-state index is -1.70. The number of amidine groups is 1. The van der Waals surface area contributed by atoms with Gasteiger partial charge in [0.1, 0.15) is 5.84 Å². The van der Waals surface area contributed by atoms with E-state index >= 15 is 0 Å². The van der Waals surface area contributed by atoms with Gasteiger partial charge in [-0.15, -0.1) is 0 Å². The maximum atomic E-state index is 13.2. The molecule has 2 aromatic rings. The molecule has 0 radical (unpaired) electrons. The number of nitrogens with zero attached hydrogens (tertiary/aromatic N) is 1. The third-order valence-corrected chi connectivity index (χ3v) is 6.09. The largest absolute Gasteiger partial charge is 0.380 e. The second kappa shape index (κ2) is 8.30. The van der Waals surface area contributed by atoms with E-state index in [9.17, 15) is 19.5 Å². The number of carbonyl (C=O) groups excluding carboxylic acids is 3. The first-order valence-corrected chi connectivity index (χ1v) is 10.7. The maximum absolute atomic E-state index is 13.2. The van der Waals surface area contributed by atoms with Gasteiger partial charge in [0.05, 0.1) is 6.61 Å². The number of benzene rings is 2. The van der Waals surface area contributed by atoms with Crippen LogP contribution in [0.5, 0.6) is 0 Å². The third-order valence-electron chi connectivity index (χ3n) is 6.09. The molecule has 0 bridgehead atoms. The number of hydrogen-bond donors (Lipinski definition) is 5. The van der Waals surface area contributed by atoms with Crippen molar-refractivity contribution in [3.63, 3.8) is 0 Å². The molecule has 1 fully saturated rings. The minimum Gasteiger partial charge on any atom is -0.380 e. The lowest BCUT2D eigenvalue weighted by molar-refractivity contribution is -0.150. The standard InChI is InChI=1S/C23H23N5O5/c24-21-14-5-4-13(10-12(14)11-25-21)26-22(31)19(30)20-23(32)28(8-9-33-20)17-3-1-2-16-15(17)6-7-18(29)27-16/h1-5,10,19-20,30H,6-9,11H2,(H2,24,25)(H,26,31)(H,27,29)/t19-,20-/m1/s1. The number of ether oxygens (including phenoxy) is 1. The summed E-state index contributed by atoms with van der Waals surface area (Å²) < 4.78 is 5.50. The van der Waals surface area contributed by atoms with Gasteiger partial charge >= 0.3 is 0 Å². The lowest BCUT2D eigenvalue weighted by Gasteiger charge is -2.36. The van der Waals surface area contributed by atoms with Crippen LogP contribution < -0.4 is 20.9 Å². The molecule has 0 aliphatic carbocycles. The van der Waals surface area contributed by atoms with E-state index < -0.39 is 24.0 Å². The minimum absolute atomic E-state index is 0.0721. The third kappa shape index (κ3) is 3.83. The Labute approximate surface area is 189 Å². The molecule has 5 N–H and O–H groups in total. The van der Waals surface area contributed by atoms with Crippen molar-refractivity contribution >= 4 is 40.6 Å². The van der Waals surface area contributed by atoms with Crippen LogP contribution in [0, 0.1) is 5.41 Å². The number of nitrogens with one attached hydrogen (secondary N) is 4. The average molecular weight is 449 g/mol. The van der Waals surface area contributed by atoms with Gasteiger partial charge in [-0.2, -0.15) is 0 Å². The highest BCUT2D eigenvalue weighted by molar-refractivity contribution is 6.06. The molecule has 1 saturated heterocycles. The van der Waals surface area contributed by atoms with E-state index in [1.54, 1.807) is 36.4 Å². The molecule has 0 unspecified atom stereocenters. The number of aliphatic hydroxyl groups is 1. The Bertz CT molecular complexity index is 1180. The van der Waals surface area contributed by atoms with Crippen molar-refractivity contribution in [2.24, 2.45) is 0 Å². The van der Waals surface area contributed by atoms with Crippen molar-refractivity contribution in [3.05, 3.63) is 53.1 Å². The van der Waals surface area contributed by atoms with Gasteiger partial charge in [-0.1, -0.05) is 6.07 Å². The molecule has 3 aliphatic rings. The summed E-state index contributed by atoms with van der Waals surface area (Å²) in [6.45, 7) is 0.919. The molecule has 5 rings (SSSR count). The van der Waals surface area contributed by atoms with E-state index in [2.05, 4.69) is 16.0 Å². The van der Waals surface area contributed by atoms with E-state index in [1.807, 2.05) is 0 Å². The first-order chi connectivity index (χ1) is 15.9. The lowest BCUT2D eigenvalue weighted by atomic mass is 9.99. The zero-order valence-corrected chi connectivity index (χ0v) is 17.7. The van der Waals surface area contributed by atoms with E-state index in [0.717, 1.165) is 16.7 Å². The second-order valence-electron chi connectivity index (χ2n) is 8.17. The first-order valence-electron chi connectivity index (χ1n) is 10.7. The van der Waals surface area contributed by atoms with Gasteiger partial charge in [-0.25, -0.2) is 0 Å². The summed E-state index contributed by atoms with van der Waals surface area (Å²) in [6.07, 6.45) is -2.23. The van der Waals surface area contributed by atoms with E-state index in [4.69, 9.17) is 10.1 Å². The van der Waals surface area contributed by atoms with Crippen molar-refractivity contribution in [1.29, 1.82) is 5.41 Å². The van der Waals surface area contributed by atoms with Crippen LogP contribution in [-0.4, -0.2) is 54.0 Å². The molecular weight excluding hydrogens is 426 g/mol. The monoisotopic (exact) mass is 449 g/mol. The van der Waals surface area contributed by atoms with Crippen molar-refractivity contribution in [2.75, 3.05) is 28.7 Å². The van der Waals surface area contributed by atoms with Crippen molar-refractivity contribution in [2.45, 2.75) is 31.6 Å². The Morgan fingerprint density at radius 3 is 2.94 bits per heavy atom. The summed E-state index contributed by atoms with van der Waals surface area (Å²) in [4.78, 5) is 39.1. The summed E-state index contributed by atoms with van der Waals surface area (Å²) >= 11 is 0.